The van der Waals surface area contributed by atoms with Gasteiger partial charge in [-0.25, -0.2) is 0 Å². The number of hydrogen-bond acceptors (Lipinski definition) is 20. The minimum absolute atomic E-state index is 0. The molecular weight excluding hydrogens is 704 g/mol. The molecule has 4 atom stereocenters. The summed E-state index contributed by atoms with van der Waals surface area (Å²) in [6.07, 6.45) is 0. The van der Waals surface area contributed by atoms with Crippen LogP contribution in [0.2, 0.25) is 0 Å². The Morgan fingerprint density at radius 3 is 0.327 bits per heavy atom. The van der Waals surface area contributed by atoms with Crippen LogP contribution < -0.4 is 20.4 Å². The van der Waals surface area contributed by atoms with E-state index in [1.165, 1.54) is 141 Å². The largest absolute Gasteiger partial charge is 4.00 e. The first kappa shape index (κ1) is 58.2. The van der Waals surface area contributed by atoms with E-state index in [0.29, 0.717) is 0 Å². The van der Waals surface area contributed by atoms with E-state index in [2.05, 4.69) is 18.9 Å². The first-order valence-electron chi connectivity index (χ1n) is 13.6. The van der Waals surface area contributed by atoms with Crippen molar-refractivity contribution in [1.29, 1.82) is 0 Å². The molecule has 0 saturated carbocycles. The molecule has 0 aromatic heterocycles. The van der Waals surface area contributed by atoms with Crippen LogP contribution in [0.5, 0.6) is 0 Å². The van der Waals surface area contributed by atoms with Crippen molar-refractivity contribution in [2.75, 3.05) is 114 Å². The maximum absolute atomic E-state index is 11.6. The molecule has 0 aromatic carbocycles. The summed E-state index contributed by atoms with van der Waals surface area (Å²) in [6.45, 7) is 5.07. The van der Waals surface area contributed by atoms with Crippen LogP contribution in [0, 0.1) is 0 Å². The summed E-state index contributed by atoms with van der Waals surface area (Å²) in [5.74, 6) is -14.5. The Kier molecular flexibility index (Phi) is 30.7. The molecule has 0 aliphatic heterocycles. The van der Waals surface area contributed by atoms with Gasteiger partial charge >= 0.3 is 21.7 Å². The predicted octanol–water partition coefficient (Wildman–Crippen LogP) is -2.79. The molecule has 0 bridgehead atoms. The van der Waals surface area contributed by atoms with Crippen molar-refractivity contribution in [2.24, 2.45) is 0 Å². The zero-order valence-corrected chi connectivity index (χ0v) is 34.2. The smallest absolute Gasteiger partial charge is 0.823 e. The Morgan fingerprint density at radius 1 is 0.224 bits per heavy atom. The second kappa shape index (κ2) is 25.8. The Bertz CT molecular complexity index is 621. The number of hydrogen-bond donors (Lipinski definition) is 0. The minimum atomic E-state index is -1.91. The van der Waals surface area contributed by atoms with Crippen LogP contribution in [0.1, 0.15) is 27.7 Å². The molecule has 0 aliphatic rings. The summed E-state index contributed by atoms with van der Waals surface area (Å²) in [4.78, 5) is 0. The van der Waals surface area contributed by atoms with Crippen LogP contribution in [-0.4, -0.2) is 161 Å². The van der Waals surface area contributed by atoms with Crippen molar-refractivity contribution in [3.8, 4) is 0 Å². The van der Waals surface area contributed by atoms with Crippen molar-refractivity contribution in [3.05, 3.63) is 0 Å². The number of methoxy groups -OCH3 is 16. The maximum Gasteiger partial charge on any atom is 4.00 e. The summed E-state index contributed by atoms with van der Waals surface area (Å²) in [6, 6.07) is 0. The van der Waals surface area contributed by atoms with E-state index in [1.54, 1.807) is 0 Å². The van der Waals surface area contributed by atoms with Gasteiger partial charge in [0.15, 0.2) is 0 Å². The molecule has 0 N–H and O–H groups in total. The predicted molar refractivity (Wildman–Crippen MR) is 157 cm³/mol. The number of rotatable bonds is 20. The van der Waals surface area contributed by atoms with E-state index in [0.717, 1.165) is 0 Å². The Labute approximate surface area is 306 Å². The zero-order valence-electron chi connectivity index (χ0n) is 32.7. The van der Waals surface area contributed by atoms with E-state index in [1.807, 2.05) is 0 Å². The van der Waals surface area contributed by atoms with Gasteiger partial charge in [0.1, 0.15) is 0 Å². The normalized spacial score (nSPS) is 17.1. The SMILES string of the molecule is COC(C)([O-])C(OC)(OC)OC.COC(C)([O-])C(OC)(OC)OC.COC(C)([O-])C(OC)(OC)OC.COC(C)([O-])C(OC)(OC)OC.[Ti+4]. The standard InChI is InChI=1S/4C7H15O5.Ti/c4*1-6(8,9-2)7(10-3,11-4)12-5;/h4*1-5H3;/q4*-1;+4. The van der Waals surface area contributed by atoms with E-state index < -0.39 is 47.0 Å². The molecule has 0 aliphatic carbocycles. The first-order chi connectivity index (χ1) is 22.0. The van der Waals surface area contributed by atoms with Crippen LogP contribution in [0.15, 0.2) is 0 Å². The van der Waals surface area contributed by atoms with Crippen molar-refractivity contribution >= 4 is 0 Å². The average molecular weight is 765 g/mol. The van der Waals surface area contributed by atoms with Gasteiger partial charge in [0.25, 0.3) is 23.9 Å². The molecule has 4 unspecified atom stereocenters. The molecule has 0 fully saturated rings. The molecule has 0 saturated heterocycles. The molecule has 49 heavy (non-hydrogen) atoms. The molecule has 20 nitrogen and oxygen atoms in total. The van der Waals surface area contributed by atoms with Gasteiger partial charge in [-0.3, -0.25) is 0 Å². The van der Waals surface area contributed by atoms with Gasteiger partial charge in [-0.1, -0.05) is 0 Å². The minimum Gasteiger partial charge on any atom is -0.823 e. The third-order valence-electron chi connectivity index (χ3n) is 7.01. The Balaban J connectivity index is -0.000000174. The van der Waals surface area contributed by atoms with Crippen LogP contribution in [-0.2, 0) is 97.5 Å². The monoisotopic (exact) mass is 764 g/mol. The first-order valence-corrected chi connectivity index (χ1v) is 13.6. The van der Waals surface area contributed by atoms with Crippen molar-refractivity contribution in [3.63, 3.8) is 0 Å². The fraction of sp³-hybridized carbons (Fsp3) is 1.00. The van der Waals surface area contributed by atoms with Crippen LogP contribution >= 0.6 is 0 Å². The Hall–Kier alpha value is -0.0857. The summed E-state index contributed by atoms with van der Waals surface area (Å²) >= 11 is 0. The van der Waals surface area contributed by atoms with E-state index >= 15 is 0 Å². The third kappa shape index (κ3) is 14.3. The second-order valence-corrected chi connectivity index (χ2v) is 9.27. The fourth-order valence-electron chi connectivity index (χ4n) is 3.72. The summed E-state index contributed by atoms with van der Waals surface area (Å²) in [5.41, 5.74) is 0. The summed E-state index contributed by atoms with van der Waals surface area (Å²) in [7, 11) is 20.7. The average Bonchev–Trinajstić information content (AvgIpc) is 3.09. The van der Waals surface area contributed by atoms with Gasteiger partial charge < -0.3 is 96.2 Å². The van der Waals surface area contributed by atoms with Crippen molar-refractivity contribution in [2.45, 2.75) is 74.7 Å². The van der Waals surface area contributed by atoms with Gasteiger partial charge in [0, 0.05) is 114 Å². The van der Waals surface area contributed by atoms with Crippen LogP contribution in [0.25, 0.3) is 0 Å². The van der Waals surface area contributed by atoms with E-state index in [-0.39, 0.29) is 21.7 Å². The van der Waals surface area contributed by atoms with Gasteiger partial charge in [-0.05, 0) is 27.7 Å². The quantitative estimate of drug-likeness (QED) is 0.0899. The molecule has 296 valence electrons. The molecular formula is C28H60O20Ti. The number of ether oxygens (including phenoxy) is 16. The molecule has 0 aromatic rings. The van der Waals surface area contributed by atoms with Gasteiger partial charge in [0.2, 0.25) is 0 Å². The maximum atomic E-state index is 11.6. The molecule has 0 amide bonds. The van der Waals surface area contributed by atoms with Crippen molar-refractivity contribution in [1.82, 2.24) is 0 Å². The van der Waals surface area contributed by atoms with Gasteiger partial charge in [-0.2, -0.15) is 0 Å². The van der Waals surface area contributed by atoms with Gasteiger partial charge in [0.05, 0.1) is 23.1 Å². The van der Waals surface area contributed by atoms with Crippen LogP contribution in [0.3, 0.4) is 0 Å². The zero-order chi connectivity index (χ0) is 39.3. The third-order valence-corrected chi connectivity index (χ3v) is 7.01. The second-order valence-electron chi connectivity index (χ2n) is 9.27. The Morgan fingerprint density at radius 2 is 0.306 bits per heavy atom. The molecule has 0 spiro atoms. The topological polar surface area (TPSA) is 240 Å². The van der Waals surface area contributed by atoms with Crippen molar-refractivity contribution < 1.29 is 118 Å². The van der Waals surface area contributed by atoms with Gasteiger partial charge in [-0.15, -0.1) is 0 Å². The summed E-state index contributed by atoms with van der Waals surface area (Å²) in [5, 5.41) is 46.4. The molecule has 0 rings (SSSR count). The summed E-state index contributed by atoms with van der Waals surface area (Å²) < 4.78 is 76.3. The van der Waals surface area contributed by atoms with E-state index in [4.69, 9.17) is 56.8 Å². The van der Waals surface area contributed by atoms with Crippen LogP contribution in [0.4, 0.5) is 0 Å². The molecule has 21 heteroatoms. The molecule has 0 heterocycles. The fourth-order valence-corrected chi connectivity index (χ4v) is 3.72. The van der Waals surface area contributed by atoms with E-state index in [9.17, 15) is 20.4 Å². The molecule has 0 radical (unpaired) electrons.